The molecule has 4 rings (SSSR count). The molecule has 8 nitrogen and oxygen atoms in total. The molecule has 9 heteroatoms. The van der Waals surface area contributed by atoms with E-state index in [-0.39, 0.29) is 6.42 Å². The average molecular weight is 519 g/mol. The van der Waals surface area contributed by atoms with Gasteiger partial charge in [-0.2, -0.15) is 8.42 Å². The molecule has 4 aromatic rings. The average Bonchev–Trinajstić information content (AvgIpc) is 3.44. The molecular formula is C28H30N4O4S. The summed E-state index contributed by atoms with van der Waals surface area (Å²) < 4.78 is 37.4. The fourth-order valence-corrected chi connectivity index (χ4v) is 5.78. The Morgan fingerprint density at radius 3 is 2.38 bits per heavy atom. The zero-order valence-electron chi connectivity index (χ0n) is 20.5. The van der Waals surface area contributed by atoms with Gasteiger partial charge in [-0.15, -0.1) is 0 Å². The van der Waals surface area contributed by atoms with Gasteiger partial charge in [0.2, 0.25) is 0 Å². The Labute approximate surface area is 217 Å². The fraction of sp³-hybridized carbons (Fsp3) is 0.214. The molecule has 0 saturated heterocycles. The van der Waals surface area contributed by atoms with Crippen molar-refractivity contribution in [2.75, 3.05) is 5.32 Å². The molecule has 0 aliphatic heterocycles. The molecule has 0 aliphatic carbocycles. The molecule has 0 spiro atoms. The van der Waals surface area contributed by atoms with Gasteiger partial charge in [-0.3, -0.25) is 9.54 Å². The van der Waals surface area contributed by atoms with Gasteiger partial charge >= 0.3 is 6.03 Å². The number of benzene rings is 2. The Kier molecular flexibility index (Phi) is 8.05. The maximum Gasteiger partial charge on any atom is 0.319 e. The van der Waals surface area contributed by atoms with Gasteiger partial charge in [-0.1, -0.05) is 56.2 Å². The molecule has 0 fully saturated rings. The number of urea groups is 1. The van der Waals surface area contributed by atoms with Crippen molar-refractivity contribution in [1.29, 1.82) is 0 Å². The Morgan fingerprint density at radius 1 is 1.00 bits per heavy atom. The number of rotatable bonds is 10. The van der Waals surface area contributed by atoms with Crippen molar-refractivity contribution in [2.45, 2.75) is 37.5 Å². The van der Waals surface area contributed by atoms with Gasteiger partial charge in [0.15, 0.2) is 0 Å². The highest BCUT2D eigenvalue weighted by Crippen LogP contribution is 2.44. The Morgan fingerprint density at radius 2 is 1.73 bits per heavy atom. The Balaban J connectivity index is 1.68. The first kappa shape index (κ1) is 26.1. The number of aromatic nitrogens is 2. The summed E-state index contributed by atoms with van der Waals surface area (Å²) in [5.41, 5.74) is 2.92. The van der Waals surface area contributed by atoms with Crippen molar-refractivity contribution < 1.29 is 17.8 Å². The highest BCUT2D eigenvalue weighted by atomic mass is 32.2. The first-order chi connectivity index (χ1) is 17.8. The number of nitrogens with zero attached hydrogens (tertiary/aromatic N) is 2. The minimum Gasteiger partial charge on any atom is -0.334 e. The predicted molar refractivity (Wildman–Crippen MR) is 144 cm³/mol. The van der Waals surface area contributed by atoms with Crippen LogP contribution in [0.2, 0.25) is 0 Å². The van der Waals surface area contributed by atoms with Gasteiger partial charge < -0.3 is 15.2 Å². The lowest BCUT2D eigenvalue weighted by Crippen LogP contribution is -2.38. The van der Waals surface area contributed by atoms with E-state index in [1.54, 1.807) is 54.9 Å². The van der Waals surface area contributed by atoms with Crippen LogP contribution in [0.5, 0.6) is 0 Å². The molecule has 0 radical (unpaired) electrons. The van der Waals surface area contributed by atoms with Gasteiger partial charge in [0.05, 0.1) is 5.69 Å². The van der Waals surface area contributed by atoms with Crippen molar-refractivity contribution >= 4 is 21.8 Å². The standard InChI is InChI=1S/C28H30N4O4S/c1-2-3-16-28(37(34,35)36,25-10-4-5-11-26(25)32-18-6-7-19-32)23-12-14-24(15-13-23)31-27(33)30-21-22-9-8-17-29-20-22/h4-15,17-20H,2-3,16,21H2,1H3,(H2,30,31,33)(H,34,35,36). The van der Waals surface area contributed by atoms with Crippen molar-refractivity contribution in [2.24, 2.45) is 0 Å². The van der Waals surface area contributed by atoms with E-state index in [2.05, 4.69) is 15.6 Å². The first-order valence-electron chi connectivity index (χ1n) is 12.1. The van der Waals surface area contributed by atoms with Crippen molar-refractivity contribution in [3.05, 3.63) is 114 Å². The van der Waals surface area contributed by atoms with E-state index in [1.807, 2.05) is 54.2 Å². The number of carbonyl (C=O) groups is 1. The maximum atomic E-state index is 13.2. The number of carbonyl (C=O) groups excluding carboxylic acids is 1. The van der Waals surface area contributed by atoms with Crippen LogP contribution in [-0.2, 0) is 21.4 Å². The molecule has 3 N–H and O–H groups in total. The number of hydrogen-bond donors (Lipinski definition) is 3. The summed E-state index contributed by atoms with van der Waals surface area (Å²) in [7, 11) is -4.61. The number of pyridine rings is 1. The third kappa shape index (κ3) is 5.73. The largest absolute Gasteiger partial charge is 0.334 e. The molecule has 2 aromatic heterocycles. The van der Waals surface area contributed by atoms with Crippen LogP contribution in [0.15, 0.2) is 97.6 Å². The van der Waals surface area contributed by atoms with Crippen molar-refractivity contribution in [3.63, 3.8) is 0 Å². The Hall–Kier alpha value is -3.95. The predicted octanol–water partition coefficient (Wildman–Crippen LogP) is 5.52. The van der Waals surface area contributed by atoms with E-state index in [0.29, 0.717) is 35.5 Å². The molecule has 192 valence electrons. The van der Waals surface area contributed by atoms with E-state index in [0.717, 1.165) is 12.0 Å². The Bertz CT molecular complexity index is 1420. The van der Waals surface area contributed by atoms with Gasteiger partial charge in [-0.05, 0) is 53.9 Å². The number of amides is 2. The van der Waals surface area contributed by atoms with E-state index in [1.165, 1.54) is 0 Å². The fourth-order valence-electron chi connectivity index (χ4n) is 4.50. The second-order valence-electron chi connectivity index (χ2n) is 8.76. The highest BCUT2D eigenvalue weighted by Gasteiger charge is 2.47. The molecule has 37 heavy (non-hydrogen) atoms. The highest BCUT2D eigenvalue weighted by molar-refractivity contribution is 7.87. The lowest BCUT2D eigenvalue weighted by atomic mass is 9.84. The van der Waals surface area contributed by atoms with E-state index in [9.17, 15) is 17.8 Å². The zero-order valence-corrected chi connectivity index (χ0v) is 21.4. The van der Waals surface area contributed by atoms with Crippen molar-refractivity contribution in [3.8, 4) is 5.69 Å². The quantitative estimate of drug-likeness (QED) is 0.239. The van der Waals surface area contributed by atoms with E-state index < -0.39 is 20.9 Å². The van der Waals surface area contributed by atoms with Crippen LogP contribution in [0.3, 0.4) is 0 Å². The normalized spacial score (nSPS) is 13.0. The molecule has 0 aliphatic rings. The third-order valence-corrected chi connectivity index (χ3v) is 7.87. The molecule has 2 heterocycles. The lowest BCUT2D eigenvalue weighted by Gasteiger charge is -2.34. The van der Waals surface area contributed by atoms with E-state index >= 15 is 0 Å². The van der Waals surface area contributed by atoms with Crippen LogP contribution in [0.1, 0.15) is 42.9 Å². The lowest BCUT2D eigenvalue weighted by molar-refractivity contribution is 0.251. The molecule has 2 aromatic carbocycles. The zero-order chi connectivity index (χ0) is 26.3. The number of anilines is 1. The summed E-state index contributed by atoms with van der Waals surface area (Å²) >= 11 is 0. The minimum absolute atomic E-state index is 0.193. The maximum absolute atomic E-state index is 13.2. The topological polar surface area (TPSA) is 113 Å². The van der Waals surface area contributed by atoms with Gasteiger partial charge in [-0.25, -0.2) is 4.79 Å². The number of para-hydroxylation sites is 1. The van der Waals surface area contributed by atoms with Crippen LogP contribution < -0.4 is 10.6 Å². The number of nitrogens with one attached hydrogen (secondary N) is 2. The molecule has 1 atom stereocenters. The summed E-state index contributed by atoms with van der Waals surface area (Å²) in [5.74, 6) is 0. The van der Waals surface area contributed by atoms with E-state index in [4.69, 9.17) is 0 Å². The van der Waals surface area contributed by atoms with Gasteiger partial charge in [0, 0.05) is 42.6 Å². The monoisotopic (exact) mass is 518 g/mol. The SMILES string of the molecule is CCCCC(c1ccc(NC(=O)NCc2cccnc2)cc1)(c1ccccc1-n1cccc1)S(=O)(=O)O. The molecule has 1 unspecified atom stereocenters. The summed E-state index contributed by atoms with van der Waals surface area (Å²) in [6.07, 6.45) is 8.53. The molecule has 0 saturated carbocycles. The van der Waals surface area contributed by atoms with Crippen LogP contribution >= 0.6 is 0 Å². The number of unbranched alkanes of at least 4 members (excludes halogenated alkanes) is 1. The van der Waals surface area contributed by atoms with Crippen LogP contribution in [0.25, 0.3) is 5.69 Å². The minimum atomic E-state index is -4.61. The molecular weight excluding hydrogens is 488 g/mol. The second-order valence-corrected chi connectivity index (χ2v) is 10.4. The summed E-state index contributed by atoms with van der Waals surface area (Å²) in [6.45, 7) is 2.29. The first-order valence-corrected chi connectivity index (χ1v) is 13.5. The van der Waals surface area contributed by atoms with Crippen molar-refractivity contribution in [1.82, 2.24) is 14.9 Å². The van der Waals surface area contributed by atoms with Gasteiger partial charge in [0.1, 0.15) is 4.75 Å². The summed E-state index contributed by atoms with van der Waals surface area (Å²) in [5, 5.41) is 5.52. The van der Waals surface area contributed by atoms with Gasteiger partial charge in [0.25, 0.3) is 10.1 Å². The number of hydrogen-bond acceptors (Lipinski definition) is 4. The molecule has 0 bridgehead atoms. The van der Waals surface area contributed by atoms with Crippen LogP contribution in [0.4, 0.5) is 10.5 Å². The summed E-state index contributed by atoms with van der Waals surface area (Å²) in [4.78, 5) is 16.4. The smallest absolute Gasteiger partial charge is 0.319 e. The summed E-state index contributed by atoms with van der Waals surface area (Å²) in [6, 6.07) is 20.7. The van der Waals surface area contributed by atoms with Crippen LogP contribution in [-0.4, -0.2) is 28.6 Å². The molecule has 2 amide bonds. The second kappa shape index (κ2) is 11.4. The third-order valence-electron chi connectivity index (χ3n) is 6.33. The van der Waals surface area contributed by atoms with Crippen LogP contribution in [0, 0.1) is 0 Å².